The Morgan fingerprint density at radius 2 is 1.78 bits per heavy atom. The number of carbonyl (C=O) groups excluding carboxylic acids is 1. The van der Waals surface area contributed by atoms with Crippen LogP contribution >= 0.6 is 0 Å². The van der Waals surface area contributed by atoms with Crippen LogP contribution in [0.2, 0.25) is 0 Å². The van der Waals surface area contributed by atoms with Crippen molar-refractivity contribution in [2.75, 3.05) is 25.5 Å². The molecule has 7 nitrogen and oxygen atoms in total. The molecule has 1 unspecified atom stereocenters. The van der Waals surface area contributed by atoms with Crippen LogP contribution < -0.4 is 10.2 Å². The van der Waals surface area contributed by atoms with Gasteiger partial charge in [-0.05, 0) is 47.4 Å². The molecule has 5 rings (SSSR count). The van der Waals surface area contributed by atoms with Crippen molar-refractivity contribution in [2.45, 2.75) is 25.7 Å². The van der Waals surface area contributed by atoms with Crippen molar-refractivity contribution in [3.63, 3.8) is 0 Å². The number of aromatic nitrogens is 4. The molecule has 0 bridgehead atoms. The Kier molecular flexibility index (Phi) is 6.77. The van der Waals surface area contributed by atoms with Crippen molar-refractivity contribution >= 4 is 22.5 Å². The van der Waals surface area contributed by atoms with E-state index in [1.807, 2.05) is 44.4 Å². The molecule has 2 N–H and O–H groups in total. The summed E-state index contributed by atoms with van der Waals surface area (Å²) in [5.74, 6) is 0.626. The van der Waals surface area contributed by atoms with Gasteiger partial charge in [0.15, 0.2) is 5.82 Å². The van der Waals surface area contributed by atoms with Crippen molar-refractivity contribution in [1.82, 2.24) is 25.1 Å². The Hall–Kier alpha value is -4.39. The number of fused-ring (bicyclic) bond motifs is 1. The van der Waals surface area contributed by atoms with Crippen LogP contribution in [0.3, 0.4) is 0 Å². The van der Waals surface area contributed by atoms with Gasteiger partial charge in [0.1, 0.15) is 0 Å². The van der Waals surface area contributed by atoms with E-state index in [4.69, 9.17) is 0 Å². The highest BCUT2D eigenvalue weighted by Gasteiger charge is 2.24. The molecule has 3 heterocycles. The summed E-state index contributed by atoms with van der Waals surface area (Å²) >= 11 is 0. The highest BCUT2D eigenvalue weighted by molar-refractivity contribution is 5.95. The Morgan fingerprint density at radius 3 is 2.49 bits per heavy atom. The molecule has 0 radical (unpaired) electrons. The summed E-state index contributed by atoms with van der Waals surface area (Å²) in [5.41, 5.74) is 5.92. The lowest BCUT2D eigenvalue weighted by Gasteiger charge is -2.20. The third-order valence-corrected chi connectivity index (χ3v) is 6.74. The highest BCUT2D eigenvalue weighted by atomic mass is 16.1. The maximum absolute atomic E-state index is 13.5. The molecule has 1 atom stereocenters. The first kappa shape index (κ1) is 24.3. The first-order chi connectivity index (χ1) is 17.9. The van der Waals surface area contributed by atoms with Gasteiger partial charge in [-0.15, -0.1) is 0 Å². The molecular weight excluding hydrogens is 460 g/mol. The highest BCUT2D eigenvalue weighted by Crippen LogP contribution is 2.32. The molecule has 0 fully saturated rings. The lowest BCUT2D eigenvalue weighted by Crippen LogP contribution is -2.29. The molecule has 188 valence electrons. The Balaban J connectivity index is 1.47. The zero-order valence-electron chi connectivity index (χ0n) is 21.6. The fourth-order valence-corrected chi connectivity index (χ4v) is 4.83. The zero-order chi connectivity index (χ0) is 25.9. The number of H-pyrrole nitrogens is 1. The summed E-state index contributed by atoms with van der Waals surface area (Å²) in [5, 5.41) is 8.88. The molecule has 7 heteroatoms. The van der Waals surface area contributed by atoms with Crippen molar-refractivity contribution in [3.05, 3.63) is 108 Å². The number of benzene rings is 2. The van der Waals surface area contributed by atoms with Gasteiger partial charge in [-0.1, -0.05) is 50.2 Å². The first-order valence-electron chi connectivity index (χ1n) is 12.5. The molecule has 0 aliphatic heterocycles. The van der Waals surface area contributed by atoms with Crippen molar-refractivity contribution in [3.8, 4) is 5.82 Å². The van der Waals surface area contributed by atoms with Gasteiger partial charge in [0.05, 0.1) is 17.5 Å². The van der Waals surface area contributed by atoms with Crippen molar-refractivity contribution in [1.29, 1.82) is 0 Å². The molecule has 0 saturated heterocycles. The quantitative estimate of drug-likeness (QED) is 0.300. The normalized spacial score (nSPS) is 12.1. The molecule has 1 amide bonds. The van der Waals surface area contributed by atoms with Gasteiger partial charge in [0, 0.05) is 55.5 Å². The van der Waals surface area contributed by atoms with Crippen LogP contribution in [0.5, 0.6) is 0 Å². The third-order valence-electron chi connectivity index (χ3n) is 6.74. The predicted octanol–water partition coefficient (Wildman–Crippen LogP) is 5.50. The van der Waals surface area contributed by atoms with E-state index in [1.54, 1.807) is 17.1 Å². The number of pyridine rings is 1. The number of hydrogen-bond acceptors (Lipinski definition) is 4. The van der Waals surface area contributed by atoms with Gasteiger partial charge < -0.3 is 15.2 Å². The summed E-state index contributed by atoms with van der Waals surface area (Å²) in [4.78, 5) is 23.4. The van der Waals surface area contributed by atoms with Gasteiger partial charge in [-0.25, -0.2) is 9.67 Å². The van der Waals surface area contributed by atoms with Gasteiger partial charge >= 0.3 is 0 Å². The minimum atomic E-state index is -0.138. The zero-order valence-corrected chi connectivity index (χ0v) is 21.6. The number of aromatic amines is 1. The second kappa shape index (κ2) is 10.3. The second-order valence-electron chi connectivity index (χ2n) is 9.74. The smallest absolute Gasteiger partial charge is 0.254 e. The van der Waals surface area contributed by atoms with Crippen LogP contribution in [0.25, 0.3) is 16.7 Å². The number of nitrogens with zero attached hydrogens (tertiary/aromatic N) is 4. The summed E-state index contributed by atoms with van der Waals surface area (Å²) in [6, 6.07) is 22.5. The van der Waals surface area contributed by atoms with Crippen LogP contribution in [0.15, 0.2) is 85.3 Å². The van der Waals surface area contributed by atoms with E-state index in [0.29, 0.717) is 17.9 Å². The van der Waals surface area contributed by atoms with Crippen LogP contribution in [-0.2, 0) is 0 Å². The van der Waals surface area contributed by atoms with Gasteiger partial charge in [-0.3, -0.25) is 4.79 Å². The monoisotopic (exact) mass is 492 g/mol. The molecule has 5 aromatic rings. The van der Waals surface area contributed by atoms with Crippen LogP contribution in [0.1, 0.15) is 52.9 Å². The Labute approximate surface area is 217 Å². The van der Waals surface area contributed by atoms with Crippen LogP contribution in [0, 0.1) is 0 Å². The number of nitrogens with one attached hydrogen (secondary N) is 2. The van der Waals surface area contributed by atoms with Gasteiger partial charge in [0.25, 0.3) is 5.91 Å². The molecule has 0 spiro atoms. The summed E-state index contributed by atoms with van der Waals surface area (Å²) in [6.07, 6.45) is 5.43. The summed E-state index contributed by atoms with van der Waals surface area (Å²) in [7, 11) is 4.06. The number of para-hydroxylation sites is 1. The second-order valence-corrected chi connectivity index (χ2v) is 9.74. The molecule has 0 saturated carbocycles. The largest absolute Gasteiger partial charge is 0.378 e. The molecular formula is C30H32N6O. The SMILES string of the molecule is CC(C)c1c(C(=O)NCC(c2ccc(N(C)C)cc2)c2c[nH]c3ccccc23)cnn1-c1ccccn1. The number of hydrogen-bond donors (Lipinski definition) is 2. The Morgan fingerprint density at radius 1 is 1.03 bits per heavy atom. The number of carbonyl (C=O) groups is 1. The van der Waals surface area contributed by atoms with Crippen LogP contribution in [-0.4, -0.2) is 46.3 Å². The average molecular weight is 493 g/mol. The lowest BCUT2D eigenvalue weighted by atomic mass is 9.90. The van der Waals surface area contributed by atoms with Gasteiger partial charge in [0.2, 0.25) is 0 Å². The molecule has 0 aliphatic carbocycles. The number of anilines is 1. The summed E-state index contributed by atoms with van der Waals surface area (Å²) in [6.45, 7) is 4.58. The molecule has 3 aromatic heterocycles. The van der Waals surface area contributed by atoms with E-state index in [9.17, 15) is 4.79 Å². The van der Waals surface area contributed by atoms with Crippen LogP contribution in [0.4, 0.5) is 5.69 Å². The topological polar surface area (TPSA) is 78.8 Å². The third kappa shape index (κ3) is 4.85. The van der Waals surface area contributed by atoms with Crippen molar-refractivity contribution in [2.24, 2.45) is 0 Å². The standard InChI is InChI=1S/C30H32N6O/c1-20(2)29-26(19-34-36(29)28-11-7-8-16-31-28)30(37)33-17-24(21-12-14-22(15-13-21)35(3)4)25-18-32-27-10-6-5-9-23(25)27/h5-16,18-20,24,32H,17H2,1-4H3,(H,33,37). The first-order valence-corrected chi connectivity index (χ1v) is 12.5. The van der Waals surface area contributed by atoms with Crippen molar-refractivity contribution < 1.29 is 4.79 Å². The van der Waals surface area contributed by atoms with E-state index in [-0.39, 0.29) is 17.7 Å². The van der Waals surface area contributed by atoms with E-state index in [2.05, 4.69) is 81.7 Å². The minimum Gasteiger partial charge on any atom is -0.378 e. The predicted molar refractivity (Wildman–Crippen MR) is 149 cm³/mol. The fourth-order valence-electron chi connectivity index (χ4n) is 4.83. The lowest BCUT2D eigenvalue weighted by molar-refractivity contribution is 0.0951. The molecule has 37 heavy (non-hydrogen) atoms. The minimum absolute atomic E-state index is 0.0235. The number of amides is 1. The summed E-state index contributed by atoms with van der Waals surface area (Å²) < 4.78 is 1.76. The average Bonchev–Trinajstić information content (AvgIpc) is 3.55. The van der Waals surface area contributed by atoms with E-state index in [1.165, 1.54) is 0 Å². The Bertz CT molecular complexity index is 1500. The fraction of sp³-hybridized carbons (Fsp3) is 0.233. The van der Waals surface area contributed by atoms with Gasteiger partial charge in [-0.2, -0.15) is 5.10 Å². The molecule has 0 aliphatic rings. The van der Waals surface area contributed by atoms with E-state index >= 15 is 0 Å². The number of rotatable bonds is 8. The van der Waals surface area contributed by atoms with E-state index in [0.717, 1.165) is 33.4 Å². The maximum Gasteiger partial charge on any atom is 0.254 e. The molecule has 2 aromatic carbocycles. The maximum atomic E-state index is 13.5. The van der Waals surface area contributed by atoms with E-state index < -0.39 is 0 Å².